The molecule has 1 fully saturated rings. The van der Waals surface area contributed by atoms with Crippen molar-refractivity contribution in [3.05, 3.63) is 0 Å². The average molecular weight is 348 g/mol. The van der Waals surface area contributed by atoms with Crippen molar-refractivity contribution in [2.45, 2.75) is 35.5 Å². The molecule has 1 saturated carbocycles. The number of hydrogen-bond donors (Lipinski definition) is 0. The van der Waals surface area contributed by atoms with Gasteiger partial charge in [0, 0.05) is 14.2 Å². The molecular formula is C8H14Na2O8S2. The zero-order valence-electron chi connectivity index (χ0n) is 11.8. The summed E-state index contributed by atoms with van der Waals surface area (Å²) in [6.45, 7) is 0. The van der Waals surface area contributed by atoms with E-state index in [1.165, 1.54) is 0 Å². The summed E-state index contributed by atoms with van der Waals surface area (Å²) in [7, 11) is -6.99. The summed E-state index contributed by atoms with van der Waals surface area (Å²) in [5.74, 6) is 0. The Labute approximate surface area is 163 Å². The van der Waals surface area contributed by atoms with Crippen LogP contribution in [0.2, 0.25) is 0 Å². The summed E-state index contributed by atoms with van der Waals surface area (Å²) in [6, 6.07) is 0. The van der Waals surface area contributed by atoms with Crippen molar-refractivity contribution < 1.29 is 94.5 Å². The first kappa shape index (κ1) is 24.0. The van der Waals surface area contributed by atoms with E-state index in [2.05, 4.69) is 0 Å². The summed E-state index contributed by atoms with van der Waals surface area (Å²) in [5.41, 5.74) is 0. The molecule has 0 radical (unpaired) electrons. The van der Waals surface area contributed by atoms with Crippen LogP contribution in [0.15, 0.2) is 0 Å². The summed E-state index contributed by atoms with van der Waals surface area (Å²) in [5, 5.41) is -2.82. The number of methoxy groups -OCH3 is 2. The van der Waals surface area contributed by atoms with Gasteiger partial charge in [-0.15, -0.1) is 0 Å². The van der Waals surface area contributed by atoms with Crippen LogP contribution in [0.3, 0.4) is 0 Å². The monoisotopic (exact) mass is 348 g/mol. The van der Waals surface area contributed by atoms with Gasteiger partial charge in [0.2, 0.25) is 0 Å². The van der Waals surface area contributed by atoms with Crippen LogP contribution in [0.25, 0.3) is 0 Å². The quantitative estimate of drug-likeness (QED) is 0.361. The molecule has 20 heavy (non-hydrogen) atoms. The van der Waals surface area contributed by atoms with Gasteiger partial charge < -0.3 is 18.6 Å². The number of hydrogen-bond acceptors (Lipinski definition) is 8. The van der Waals surface area contributed by atoms with Crippen molar-refractivity contribution in [1.82, 2.24) is 0 Å². The van der Waals surface area contributed by atoms with Crippen LogP contribution < -0.4 is 59.1 Å². The van der Waals surface area contributed by atoms with Gasteiger partial charge in [-0.25, -0.2) is 16.8 Å². The second-order valence-electron chi connectivity index (χ2n) is 4.08. The molecule has 0 amide bonds. The molecule has 0 aromatic heterocycles. The Morgan fingerprint density at radius 3 is 1.20 bits per heavy atom. The van der Waals surface area contributed by atoms with Crippen molar-refractivity contribution in [2.75, 3.05) is 14.2 Å². The van der Waals surface area contributed by atoms with Crippen molar-refractivity contribution in [3.63, 3.8) is 0 Å². The average Bonchev–Trinajstić information content (AvgIpc) is 2.24. The van der Waals surface area contributed by atoms with Gasteiger partial charge >= 0.3 is 59.1 Å². The predicted molar refractivity (Wildman–Crippen MR) is 57.8 cm³/mol. The van der Waals surface area contributed by atoms with Crippen LogP contribution in [0.4, 0.5) is 0 Å². The van der Waals surface area contributed by atoms with Crippen LogP contribution in [0.5, 0.6) is 0 Å². The largest absolute Gasteiger partial charge is 1.00 e. The van der Waals surface area contributed by atoms with Gasteiger partial charge in [0.25, 0.3) is 0 Å². The minimum Gasteiger partial charge on any atom is -0.748 e. The molecule has 0 bridgehead atoms. The minimum atomic E-state index is -4.65. The van der Waals surface area contributed by atoms with Crippen LogP contribution in [-0.2, 0) is 29.7 Å². The van der Waals surface area contributed by atoms with E-state index < -0.39 is 42.9 Å². The Balaban J connectivity index is 0. The molecule has 4 unspecified atom stereocenters. The van der Waals surface area contributed by atoms with Gasteiger partial charge in [-0.05, 0) is 12.8 Å². The number of ether oxygens (including phenoxy) is 2. The van der Waals surface area contributed by atoms with Gasteiger partial charge in [-0.2, -0.15) is 0 Å². The van der Waals surface area contributed by atoms with E-state index in [4.69, 9.17) is 9.47 Å². The van der Waals surface area contributed by atoms with E-state index >= 15 is 0 Å². The van der Waals surface area contributed by atoms with Crippen LogP contribution in [0, 0.1) is 0 Å². The summed E-state index contributed by atoms with van der Waals surface area (Å²) >= 11 is 0. The van der Waals surface area contributed by atoms with E-state index in [9.17, 15) is 25.9 Å². The second kappa shape index (κ2) is 9.14. The Morgan fingerprint density at radius 1 is 0.800 bits per heavy atom. The molecule has 1 aliphatic rings. The molecule has 0 aliphatic heterocycles. The van der Waals surface area contributed by atoms with E-state index in [-0.39, 0.29) is 72.0 Å². The Bertz CT molecular complexity index is 445. The molecule has 0 spiro atoms. The third kappa shape index (κ3) is 6.09. The first-order valence-electron chi connectivity index (χ1n) is 5.06. The zero-order valence-corrected chi connectivity index (χ0v) is 17.4. The predicted octanol–water partition coefficient (Wildman–Crippen LogP) is -7.35. The van der Waals surface area contributed by atoms with Crippen LogP contribution in [-0.4, -0.2) is 62.9 Å². The first-order valence-corrected chi connectivity index (χ1v) is 8.00. The van der Waals surface area contributed by atoms with E-state index in [0.717, 1.165) is 14.2 Å². The topological polar surface area (TPSA) is 133 Å². The summed E-state index contributed by atoms with van der Waals surface area (Å²) in [4.78, 5) is 0. The third-order valence-corrected chi connectivity index (χ3v) is 5.58. The number of rotatable bonds is 4. The maximum Gasteiger partial charge on any atom is 1.00 e. The van der Waals surface area contributed by atoms with E-state index in [0.29, 0.717) is 0 Å². The first-order chi connectivity index (χ1) is 8.11. The summed E-state index contributed by atoms with van der Waals surface area (Å²) in [6.07, 6.45) is -2.97. The molecule has 0 aromatic rings. The fourth-order valence-electron chi connectivity index (χ4n) is 2.17. The van der Waals surface area contributed by atoms with Crippen molar-refractivity contribution in [3.8, 4) is 0 Å². The fraction of sp³-hybridized carbons (Fsp3) is 1.00. The molecule has 8 nitrogen and oxygen atoms in total. The molecule has 1 aliphatic carbocycles. The van der Waals surface area contributed by atoms with Crippen LogP contribution in [0.1, 0.15) is 12.8 Å². The molecule has 108 valence electrons. The van der Waals surface area contributed by atoms with Gasteiger partial charge in [-0.1, -0.05) is 0 Å². The maximum atomic E-state index is 11.1. The van der Waals surface area contributed by atoms with E-state index in [1.54, 1.807) is 0 Å². The SMILES string of the molecule is COC1CC(S(=O)(=O)[O-])C(OC)CC1S(=O)(=O)[O-].[Na+].[Na+]. The molecule has 0 saturated heterocycles. The zero-order chi connectivity index (χ0) is 14.1. The Kier molecular flexibility index (Phi) is 11.0. The molecule has 4 atom stereocenters. The van der Waals surface area contributed by atoms with Gasteiger partial charge in [0.05, 0.1) is 22.7 Å². The summed E-state index contributed by atoms with van der Waals surface area (Å²) < 4.78 is 75.9. The molecule has 0 heterocycles. The fourth-order valence-corrected chi connectivity index (χ4v) is 4.21. The molecular weight excluding hydrogens is 334 g/mol. The Morgan fingerprint density at radius 2 is 1.05 bits per heavy atom. The van der Waals surface area contributed by atoms with Crippen LogP contribution >= 0.6 is 0 Å². The Hall–Kier alpha value is 1.74. The van der Waals surface area contributed by atoms with Crippen molar-refractivity contribution in [1.29, 1.82) is 0 Å². The van der Waals surface area contributed by atoms with Gasteiger partial charge in [-0.3, -0.25) is 0 Å². The van der Waals surface area contributed by atoms with Gasteiger partial charge in [0.1, 0.15) is 20.2 Å². The molecule has 1 rings (SSSR count). The smallest absolute Gasteiger partial charge is 0.748 e. The minimum absolute atomic E-state index is 0. The standard InChI is InChI=1S/C8H16O8S2.2Na/c1-15-5-3-8(18(12,13)14)6(16-2)4-7(5)17(9,10)11;;/h5-8H,3-4H2,1-2H3,(H,9,10,11)(H,12,13,14);;/q;2*+1/p-2. The maximum absolute atomic E-state index is 11.1. The van der Waals surface area contributed by atoms with E-state index in [1.807, 2.05) is 0 Å². The molecule has 12 heteroatoms. The van der Waals surface area contributed by atoms with Crippen molar-refractivity contribution >= 4 is 20.2 Å². The molecule has 0 aromatic carbocycles. The second-order valence-corrected chi connectivity index (χ2v) is 7.26. The normalized spacial score (nSPS) is 31.0. The molecule has 0 N–H and O–H groups in total. The van der Waals surface area contributed by atoms with Crippen molar-refractivity contribution in [2.24, 2.45) is 0 Å². The van der Waals surface area contributed by atoms with Gasteiger partial charge in [0.15, 0.2) is 0 Å². The third-order valence-electron chi connectivity index (χ3n) is 3.11.